The molecule has 0 unspecified atom stereocenters. The smallest absolute Gasteiger partial charge is 0.257 e. The highest BCUT2D eigenvalue weighted by Gasteiger charge is 2.54. The van der Waals surface area contributed by atoms with Crippen LogP contribution < -0.4 is 5.32 Å². The Morgan fingerprint density at radius 1 is 1.00 bits per heavy atom. The van der Waals surface area contributed by atoms with Crippen molar-refractivity contribution in [1.82, 2.24) is 15.1 Å². The summed E-state index contributed by atoms with van der Waals surface area (Å²) in [5.74, 6) is -0.0286. The number of hydrogen-bond acceptors (Lipinski definition) is 4. The Kier molecular flexibility index (Phi) is 7.79. The van der Waals surface area contributed by atoms with Crippen molar-refractivity contribution < 1.29 is 19.1 Å². The summed E-state index contributed by atoms with van der Waals surface area (Å²) in [6.45, 7) is 9.03. The van der Waals surface area contributed by atoms with E-state index in [4.69, 9.17) is 4.74 Å². The molecule has 0 radical (unpaired) electrons. The van der Waals surface area contributed by atoms with Gasteiger partial charge in [-0.1, -0.05) is 62.4 Å². The van der Waals surface area contributed by atoms with Crippen molar-refractivity contribution in [3.05, 3.63) is 71.3 Å². The maximum atomic E-state index is 14.0. The molecular weight excluding hydrogens is 454 g/mol. The number of benzene rings is 2. The molecule has 2 aliphatic rings. The van der Waals surface area contributed by atoms with Crippen LogP contribution in [0.4, 0.5) is 0 Å². The van der Waals surface area contributed by atoms with Crippen molar-refractivity contribution in [3.8, 4) is 0 Å². The second-order valence-corrected chi connectivity index (χ2v) is 10.4. The van der Waals surface area contributed by atoms with Gasteiger partial charge in [0.05, 0.1) is 12.6 Å². The lowest BCUT2D eigenvalue weighted by Crippen LogP contribution is -2.60. The van der Waals surface area contributed by atoms with Crippen LogP contribution in [-0.2, 0) is 14.3 Å². The minimum absolute atomic E-state index is 0.126. The Bertz CT molecular complexity index is 1090. The molecule has 0 aliphatic carbocycles. The summed E-state index contributed by atoms with van der Waals surface area (Å²) in [5, 5.41) is 3.08. The van der Waals surface area contributed by atoms with Gasteiger partial charge in [0, 0.05) is 37.9 Å². The Labute approximate surface area is 213 Å². The Morgan fingerprint density at radius 3 is 2.28 bits per heavy atom. The summed E-state index contributed by atoms with van der Waals surface area (Å²) in [4.78, 5) is 43.7. The van der Waals surface area contributed by atoms with Crippen LogP contribution in [0.25, 0.3) is 0 Å². The largest absolute Gasteiger partial charge is 0.353 e. The van der Waals surface area contributed by atoms with Crippen molar-refractivity contribution in [2.45, 2.75) is 64.8 Å². The maximum absolute atomic E-state index is 14.0. The Hall–Kier alpha value is -3.19. The average Bonchev–Trinajstić information content (AvgIpc) is 3.23. The molecule has 2 fully saturated rings. The third kappa shape index (κ3) is 5.31. The zero-order chi connectivity index (χ0) is 25.9. The van der Waals surface area contributed by atoms with Crippen LogP contribution in [0, 0.1) is 12.8 Å². The van der Waals surface area contributed by atoms with Gasteiger partial charge < -0.3 is 15.0 Å². The Balaban J connectivity index is 1.58. The summed E-state index contributed by atoms with van der Waals surface area (Å²) >= 11 is 0. The lowest BCUT2D eigenvalue weighted by atomic mass is 9.95. The second-order valence-electron chi connectivity index (χ2n) is 10.4. The fraction of sp³-hybridized carbons (Fsp3) is 0.483. The highest BCUT2D eigenvalue weighted by Crippen LogP contribution is 2.39. The molecule has 0 aromatic heterocycles. The van der Waals surface area contributed by atoms with Crippen LogP contribution >= 0.6 is 0 Å². The predicted octanol–water partition coefficient (Wildman–Crippen LogP) is 4.08. The minimum Gasteiger partial charge on any atom is -0.353 e. The van der Waals surface area contributed by atoms with Gasteiger partial charge in [0.2, 0.25) is 11.8 Å². The molecule has 4 rings (SSSR count). The van der Waals surface area contributed by atoms with Crippen LogP contribution in [-0.4, -0.2) is 59.0 Å². The third-order valence-electron chi connectivity index (χ3n) is 7.30. The van der Waals surface area contributed by atoms with E-state index in [2.05, 4.69) is 5.32 Å². The zero-order valence-corrected chi connectivity index (χ0v) is 21.7. The van der Waals surface area contributed by atoms with Crippen molar-refractivity contribution >= 4 is 17.7 Å². The van der Waals surface area contributed by atoms with E-state index < -0.39 is 11.8 Å². The number of hydrogen-bond donors (Lipinski definition) is 1. The minimum atomic E-state index is -0.911. The molecule has 2 aromatic rings. The van der Waals surface area contributed by atoms with Gasteiger partial charge in [-0.3, -0.25) is 19.3 Å². The van der Waals surface area contributed by atoms with Crippen LogP contribution in [0.5, 0.6) is 0 Å². The van der Waals surface area contributed by atoms with Gasteiger partial charge in [0.15, 0.2) is 0 Å². The van der Waals surface area contributed by atoms with Crippen LogP contribution in [0.3, 0.4) is 0 Å². The van der Waals surface area contributed by atoms with E-state index in [1.165, 1.54) is 0 Å². The van der Waals surface area contributed by atoms with Gasteiger partial charge in [0.25, 0.3) is 5.91 Å². The molecule has 0 saturated carbocycles. The molecule has 192 valence electrons. The van der Waals surface area contributed by atoms with E-state index in [1.54, 1.807) is 11.0 Å². The Morgan fingerprint density at radius 2 is 1.64 bits per heavy atom. The molecule has 2 saturated heterocycles. The van der Waals surface area contributed by atoms with E-state index in [9.17, 15) is 14.4 Å². The number of carbonyl (C=O) groups excluding carboxylic acids is 3. The number of rotatable bonds is 6. The van der Waals surface area contributed by atoms with Crippen LogP contribution in [0.15, 0.2) is 54.6 Å². The summed E-state index contributed by atoms with van der Waals surface area (Å²) in [6, 6.07) is 16.2. The standard InChI is InChI=1S/C29H37N3O4/c1-20(2)18-26(33)31-16-14-29(15-17-31)32(28(35)24-13-9-8-10-21(24)3)25(19-36-29)27(34)30-22(4)23-11-6-5-7-12-23/h5-13,20,22,25H,14-19H2,1-4H3,(H,30,34)/t22-,25-/m1/s1. The first-order chi connectivity index (χ1) is 17.2. The normalized spacial score (nSPS) is 20.0. The van der Waals surface area contributed by atoms with Gasteiger partial charge in [-0.25, -0.2) is 0 Å². The summed E-state index contributed by atoms with van der Waals surface area (Å²) in [6.07, 6.45) is 1.46. The number of aryl methyl sites for hydroxylation is 1. The van der Waals surface area contributed by atoms with E-state index in [0.717, 1.165) is 11.1 Å². The lowest BCUT2D eigenvalue weighted by Gasteiger charge is -2.44. The van der Waals surface area contributed by atoms with Gasteiger partial charge in [0.1, 0.15) is 11.8 Å². The number of carbonyl (C=O) groups is 3. The van der Waals surface area contributed by atoms with E-state index in [1.807, 2.05) is 81.1 Å². The first kappa shape index (κ1) is 25.9. The molecule has 2 heterocycles. The maximum Gasteiger partial charge on any atom is 0.257 e. The highest BCUT2D eigenvalue weighted by molar-refractivity contribution is 5.99. The molecule has 2 atom stereocenters. The zero-order valence-electron chi connectivity index (χ0n) is 21.7. The van der Waals surface area contributed by atoms with Crippen molar-refractivity contribution in [2.75, 3.05) is 19.7 Å². The fourth-order valence-electron chi connectivity index (χ4n) is 5.23. The lowest BCUT2D eigenvalue weighted by molar-refractivity contribution is -0.144. The monoisotopic (exact) mass is 491 g/mol. The summed E-state index contributed by atoms with van der Waals surface area (Å²) in [5.41, 5.74) is 1.50. The van der Waals surface area contributed by atoms with Gasteiger partial charge >= 0.3 is 0 Å². The van der Waals surface area contributed by atoms with Gasteiger partial charge in [-0.15, -0.1) is 0 Å². The summed E-state index contributed by atoms with van der Waals surface area (Å²) in [7, 11) is 0. The van der Waals surface area contributed by atoms with E-state index >= 15 is 0 Å². The quantitative estimate of drug-likeness (QED) is 0.661. The van der Waals surface area contributed by atoms with Crippen molar-refractivity contribution in [1.29, 1.82) is 0 Å². The SMILES string of the molecule is Cc1ccccc1C(=O)N1[C@@H](C(=O)N[C@H](C)c2ccccc2)COC12CCN(C(=O)CC(C)C)CC2. The number of nitrogens with one attached hydrogen (secondary N) is 1. The molecule has 36 heavy (non-hydrogen) atoms. The van der Waals surface area contributed by atoms with Gasteiger partial charge in [-0.2, -0.15) is 0 Å². The van der Waals surface area contributed by atoms with Crippen LogP contribution in [0.2, 0.25) is 0 Å². The fourth-order valence-corrected chi connectivity index (χ4v) is 5.23. The number of piperidine rings is 1. The highest BCUT2D eigenvalue weighted by atomic mass is 16.5. The number of likely N-dealkylation sites (tertiary alicyclic amines) is 1. The molecule has 2 aliphatic heterocycles. The summed E-state index contributed by atoms with van der Waals surface area (Å²) < 4.78 is 6.31. The average molecular weight is 492 g/mol. The second kappa shape index (κ2) is 10.8. The van der Waals surface area contributed by atoms with Crippen molar-refractivity contribution in [3.63, 3.8) is 0 Å². The topological polar surface area (TPSA) is 79.0 Å². The molecular formula is C29H37N3O4. The number of amides is 3. The molecule has 1 N–H and O–H groups in total. The first-order valence-electron chi connectivity index (χ1n) is 12.9. The molecule has 2 aromatic carbocycles. The molecule has 1 spiro atoms. The van der Waals surface area contributed by atoms with Crippen molar-refractivity contribution in [2.24, 2.45) is 5.92 Å². The molecule has 3 amide bonds. The molecule has 7 nitrogen and oxygen atoms in total. The first-order valence-corrected chi connectivity index (χ1v) is 12.9. The van der Waals surface area contributed by atoms with Crippen LogP contribution in [0.1, 0.15) is 67.6 Å². The number of ether oxygens (including phenoxy) is 1. The van der Waals surface area contributed by atoms with Gasteiger partial charge in [-0.05, 0) is 37.0 Å². The predicted molar refractivity (Wildman–Crippen MR) is 138 cm³/mol. The number of nitrogens with zero attached hydrogens (tertiary/aromatic N) is 2. The molecule has 7 heteroatoms. The van der Waals surface area contributed by atoms with E-state index in [0.29, 0.717) is 37.9 Å². The third-order valence-corrected chi connectivity index (χ3v) is 7.30. The molecule has 0 bridgehead atoms. The van der Waals surface area contributed by atoms with E-state index in [-0.39, 0.29) is 36.3 Å².